The highest BCUT2D eigenvalue weighted by Gasteiger charge is 2.30. The average molecular weight is 446 g/mol. The molecular weight excluding hydrogens is 421 g/mol. The number of fused-ring (bicyclic) bond motifs is 1. The van der Waals surface area contributed by atoms with Crippen LogP contribution in [0.1, 0.15) is 39.5 Å². The molecule has 1 fully saturated rings. The maximum atomic E-state index is 13.2. The van der Waals surface area contributed by atoms with E-state index in [0.29, 0.717) is 52.2 Å². The number of rotatable bonds is 9. The van der Waals surface area contributed by atoms with Crippen molar-refractivity contribution >= 4 is 27.5 Å². The SMILES string of the molecule is COCCOC(=O)c1sc2nc(CN(Cc3ccc(F)cc3)C3CC3)[nH]c(=O)c2c1C. The van der Waals surface area contributed by atoms with Gasteiger partial charge in [-0.1, -0.05) is 12.1 Å². The van der Waals surface area contributed by atoms with Crippen LogP contribution in [0.25, 0.3) is 10.2 Å². The number of hydrogen-bond acceptors (Lipinski definition) is 7. The van der Waals surface area contributed by atoms with Crippen LogP contribution in [0.15, 0.2) is 29.1 Å². The number of thiophene rings is 1. The molecule has 2 heterocycles. The third-order valence-electron chi connectivity index (χ3n) is 5.27. The normalized spacial score (nSPS) is 13.8. The van der Waals surface area contributed by atoms with Gasteiger partial charge in [0.25, 0.3) is 5.56 Å². The van der Waals surface area contributed by atoms with Crippen LogP contribution in [-0.2, 0) is 22.6 Å². The standard InChI is InChI=1S/C22H24FN3O4S/c1-13-18-20(27)24-17(25-21(18)31-19(13)22(28)30-10-9-29-2)12-26(16-7-8-16)11-14-3-5-15(23)6-4-14/h3-6,16H,7-12H2,1-2H3,(H,24,25,27). The zero-order valence-corrected chi connectivity index (χ0v) is 18.3. The van der Waals surface area contributed by atoms with E-state index in [1.54, 1.807) is 19.1 Å². The van der Waals surface area contributed by atoms with Gasteiger partial charge in [0.2, 0.25) is 0 Å². The molecule has 0 saturated heterocycles. The summed E-state index contributed by atoms with van der Waals surface area (Å²) in [6.45, 7) is 3.31. The van der Waals surface area contributed by atoms with E-state index in [9.17, 15) is 14.0 Å². The van der Waals surface area contributed by atoms with Gasteiger partial charge in [-0.15, -0.1) is 11.3 Å². The first kappa shape index (κ1) is 21.6. The Morgan fingerprint density at radius 1 is 1.26 bits per heavy atom. The Balaban J connectivity index is 1.56. The van der Waals surface area contributed by atoms with Crippen molar-refractivity contribution < 1.29 is 18.7 Å². The Hall–Kier alpha value is -2.62. The zero-order valence-electron chi connectivity index (χ0n) is 17.4. The predicted molar refractivity (Wildman–Crippen MR) is 116 cm³/mol. The van der Waals surface area contributed by atoms with Crippen molar-refractivity contribution in [2.75, 3.05) is 20.3 Å². The molecule has 1 aliphatic carbocycles. The minimum atomic E-state index is -0.477. The van der Waals surface area contributed by atoms with Crippen molar-refractivity contribution in [1.29, 1.82) is 0 Å². The number of carbonyl (C=O) groups is 1. The van der Waals surface area contributed by atoms with E-state index in [0.717, 1.165) is 18.4 Å². The summed E-state index contributed by atoms with van der Waals surface area (Å²) in [5.74, 6) is -0.190. The number of halogens is 1. The summed E-state index contributed by atoms with van der Waals surface area (Å²) in [4.78, 5) is 35.8. The number of nitrogens with one attached hydrogen (secondary N) is 1. The summed E-state index contributed by atoms with van der Waals surface area (Å²) in [6.07, 6.45) is 2.17. The van der Waals surface area contributed by atoms with Crippen molar-refractivity contribution in [3.05, 3.63) is 62.3 Å². The van der Waals surface area contributed by atoms with Crippen LogP contribution in [0, 0.1) is 12.7 Å². The molecule has 4 rings (SSSR count). The predicted octanol–water partition coefficient (Wildman–Crippen LogP) is 3.40. The molecule has 0 amide bonds. The quantitative estimate of drug-likeness (QED) is 0.401. The number of carbonyl (C=O) groups excluding carboxylic acids is 1. The van der Waals surface area contributed by atoms with Gasteiger partial charge in [0.15, 0.2) is 0 Å². The number of H-pyrrole nitrogens is 1. The molecule has 3 aromatic rings. The Kier molecular flexibility index (Phi) is 6.45. The molecule has 1 aliphatic rings. The Labute approximate surface area is 182 Å². The fourth-order valence-corrected chi connectivity index (χ4v) is 4.61. The summed E-state index contributed by atoms with van der Waals surface area (Å²) in [7, 11) is 1.53. The molecule has 9 heteroatoms. The molecule has 2 aromatic heterocycles. The molecule has 1 N–H and O–H groups in total. The molecule has 164 valence electrons. The van der Waals surface area contributed by atoms with Crippen molar-refractivity contribution in [1.82, 2.24) is 14.9 Å². The van der Waals surface area contributed by atoms with E-state index in [2.05, 4.69) is 14.9 Å². The minimum Gasteiger partial charge on any atom is -0.459 e. The smallest absolute Gasteiger partial charge is 0.348 e. The monoisotopic (exact) mass is 445 g/mol. The fourth-order valence-electron chi connectivity index (χ4n) is 3.51. The topological polar surface area (TPSA) is 84.5 Å². The number of hydrogen-bond donors (Lipinski definition) is 1. The third-order valence-corrected chi connectivity index (χ3v) is 6.44. The number of methoxy groups -OCH3 is 1. The van der Waals surface area contributed by atoms with Gasteiger partial charge in [-0.3, -0.25) is 9.69 Å². The van der Waals surface area contributed by atoms with Crippen LogP contribution in [0.5, 0.6) is 0 Å². The molecule has 1 aromatic carbocycles. The average Bonchev–Trinajstić information content (AvgIpc) is 3.53. The number of esters is 1. The molecule has 0 spiro atoms. The van der Waals surface area contributed by atoms with Crippen LogP contribution >= 0.6 is 11.3 Å². The lowest BCUT2D eigenvalue weighted by Crippen LogP contribution is -2.27. The Morgan fingerprint density at radius 3 is 2.68 bits per heavy atom. The van der Waals surface area contributed by atoms with Gasteiger partial charge in [0.05, 0.1) is 18.5 Å². The lowest BCUT2D eigenvalue weighted by molar-refractivity contribution is 0.0393. The second-order valence-electron chi connectivity index (χ2n) is 7.64. The first-order valence-corrected chi connectivity index (χ1v) is 10.9. The summed E-state index contributed by atoms with van der Waals surface area (Å²) >= 11 is 1.17. The maximum absolute atomic E-state index is 13.2. The van der Waals surface area contributed by atoms with E-state index in [1.165, 1.54) is 30.6 Å². The highest BCUT2D eigenvalue weighted by Crippen LogP contribution is 2.31. The lowest BCUT2D eigenvalue weighted by atomic mass is 10.2. The summed E-state index contributed by atoms with van der Waals surface area (Å²) in [5, 5.41) is 0.420. The number of aromatic amines is 1. The van der Waals surface area contributed by atoms with Gasteiger partial charge in [0, 0.05) is 19.7 Å². The molecule has 0 unspecified atom stereocenters. The maximum Gasteiger partial charge on any atom is 0.348 e. The number of aromatic nitrogens is 2. The van der Waals surface area contributed by atoms with Gasteiger partial charge in [0.1, 0.15) is 28.0 Å². The lowest BCUT2D eigenvalue weighted by Gasteiger charge is -2.21. The summed E-state index contributed by atoms with van der Waals surface area (Å²) in [5.41, 5.74) is 1.32. The second-order valence-corrected chi connectivity index (χ2v) is 8.64. The van der Waals surface area contributed by atoms with E-state index in [4.69, 9.17) is 9.47 Å². The van der Waals surface area contributed by atoms with Crippen LogP contribution in [0.3, 0.4) is 0 Å². The molecule has 31 heavy (non-hydrogen) atoms. The highest BCUT2D eigenvalue weighted by atomic mass is 32.1. The van der Waals surface area contributed by atoms with Crippen molar-refractivity contribution in [3.63, 3.8) is 0 Å². The van der Waals surface area contributed by atoms with Gasteiger partial charge < -0.3 is 14.5 Å². The molecule has 0 bridgehead atoms. The molecule has 1 saturated carbocycles. The van der Waals surface area contributed by atoms with Crippen LogP contribution in [-0.4, -0.2) is 47.2 Å². The number of ether oxygens (including phenoxy) is 2. The first-order chi connectivity index (χ1) is 15.0. The Bertz CT molecular complexity index is 1140. The van der Waals surface area contributed by atoms with Crippen LogP contribution < -0.4 is 5.56 Å². The van der Waals surface area contributed by atoms with Crippen molar-refractivity contribution in [2.24, 2.45) is 0 Å². The molecule has 7 nitrogen and oxygen atoms in total. The van der Waals surface area contributed by atoms with E-state index in [1.807, 2.05) is 0 Å². The van der Waals surface area contributed by atoms with Gasteiger partial charge in [-0.2, -0.15) is 0 Å². The fraction of sp³-hybridized carbons (Fsp3) is 0.409. The zero-order chi connectivity index (χ0) is 22.0. The van der Waals surface area contributed by atoms with Gasteiger partial charge in [-0.05, 0) is 43.0 Å². The third kappa shape index (κ3) is 5.00. The molecule has 0 aliphatic heterocycles. The number of benzene rings is 1. The minimum absolute atomic E-state index is 0.151. The first-order valence-electron chi connectivity index (χ1n) is 10.1. The van der Waals surface area contributed by atoms with E-state index < -0.39 is 5.97 Å². The molecule has 0 radical (unpaired) electrons. The van der Waals surface area contributed by atoms with Gasteiger partial charge in [-0.25, -0.2) is 14.2 Å². The van der Waals surface area contributed by atoms with Crippen molar-refractivity contribution in [2.45, 2.75) is 38.9 Å². The van der Waals surface area contributed by atoms with Crippen LogP contribution in [0.2, 0.25) is 0 Å². The van der Waals surface area contributed by atoms with Crippen LogP contribution in [0.4, 0.5) is 4.39 Å². The second kappa shape index (κ2) is 9.25. The molecule has 0 atom stereocenters. The summed E-state index contributed by atoms with van der Waals surface area (Å²) in [6, 6.07) is 6.87. The van der Waals surface area contributed by atoms with E-state index >= 15 is 0 Å². The van der Waals surface area contributed by atoms with Gasteiger partial charge >= 0.3 is 5.97 Å². The Morgan fingerprint density at radius 2 is 2.00 bits per heavy atom. The largest absolute Gasteiger partial charge is 0.459 e. The van der Waals surface area contributed by atoms with Crippen molar-refractivity contribution in [3.8, 4) is 0 Å². The molecular formula is C22H24FN3O4S. The number of aryl methyl sites for hydroxylation is 1. The highest BCUT2D eigenvalue weighted by molar-refractivity contribution is 7.20. The van der Waals surface area contributed by atoms with E-state index in [-0.39, 0.29) is 18.0 Å². The summed E-state index contributed by atoms with van der Waals surface area (Å²) < 4.78 is 23.3. The number of nitrogens with zero attached hydrogens (tertiary/aromatic N) is 2.